The Balaban J connectivity index is 1.72. The van der Waals surface area contributed by atoms with Crippen LogP contribution in [0.15, 0.2) is 42.5 Å². The summed E-state index contributed by atoms with van der Waals surface area (Å²) in [6.07, 6.45) is 0.124. The van der Waals surface area contributed by atoms with Crippen molar-refractivity contribution >= 4 is 11.7 Å². The first-order chi connectivity index (χ1) is 11.9. The number of carbonyl (C=O) groups is 1. The van der Waals surface area contributed by atoms with Gasteiger partial charge < -0.3 is 20.1 Å². The molecule has 0 saturated carbocycles. The molecule has 0 aromatic heterocycles. The maximum atomic E-state index is 11.9. The zero-order valence-electron chi connectivity index (χ0n) is 15.3. The van der Waals surface area contributed by atoms with Gasteiger partial charge in [0.2, 0.25) is 0 Å². The van der Waals surface area contributed by atoms with Crippen LogP contribution in [0.5, 0.6) is 11.5 Å². The Bertz CT molecular complexity index is 697. The van der Waals surface area contributed by atoms with Crippen molar-refractivity contribution in [2.45, 2.75) is 33.8 Å². The van der Waals surface area contributed by atoms with Gasteiger partial charge in [0.15, 0.2) is 0 Å². The first-order valence-corrected chi connectivity index (χ1v) is 8.45. The molecule has 134 valence electrons. The van der Waals surface area contributed by atoms with E-state index in [4.69, 9.17) is 9.47 Å². The zero-order valence-corrected chi connectivity index (χ0v) is 15.3. The molecule has 0 radical (unpaired) electrons. The molecule has 0 atom stereocenters. The highest BCUT2D eigenvalue weighted by atomic mass is 16.5. The predicted molar refractivity (Wildman–Crippen MR) is 101 cm³/mol. The quantitative estimate of drug-likeness (QED) is 0.738. The second kappa shape index (κ2) is 8.97. The summed E-state index contributed by atoms with van der Waals surface area (Å²) in [5, 5.41) is 5.56. The fraction of sp³-hybridized carbons (Fsp3) is 0.350. The first kappa shape index (κ1) is 18.6. The van der Waals surface area contributed by atoms with Crippen molar-refractivity contribution in [3.8, 4) is 11.5 Å². The van der Waals surface area contributed by atoms with E-state index < -0.39 is 0 Å². The highest BCUT2D eigenvalue weighted by Crippen LogP contribution is 2.19. The van der Waals surface area contributed by atoms with Crippen LogP contribution in [-0.2, 0) is 0 Å². The minimum atomic E-state index is -0.262. The van der Waals surface area contributed by atoms with E-state index in [1.54, 1.807) is 0 Å². The van der Waals surface area contributed by atoms with E-state index in [0.717, 1.165) is 22.6 Å². The average molecular weight is 342 g/mol. The van der Waals surface area contributed by atoms with Crippen LogP contribution in [0.2, 0.25) is 0 Å². The summed E-state index contributed by atoms with van der Waals surface area (Å²) >= 11 is 0. The number of rotatable bonds is 7. The largest absolute Gasteiger partial charge is 0.491 e. The van der Waals surface area contributed by atoms with Crippen molar-refractivity contribution < 1.29 is 14.3 Å². The Morgan fingerprint density at radius 1 is 1.08 bits per heavy atom. The maximum Gasteiger partial charge on any atom is 0.319 e. The van der Waals surface area contributed by atoms with E-state index in [2.05, 4.69) is 10.6 Å². The van der Waals surface area contributed by atoms with E-state index >= 15 is 0 Å². The van der Waals surface area contributed by atoms with Gasteiger partial charge >= 0.3 is 6.03 Å². The third-order valence-corrected chi connectivity index (χ3v) is 3.47. The van der Waals surface area contributed by atoms with Gasteiger partial charge in [-0.25, -0.2) is 4.79 Å². The Labute approximate surface area is 149 Å². The second-order valence-electron chi connectivity index (χ2n) is 6.19. The van der Waals surface area contributed by atoms with Gasteiger partial charge in [-0.1, -0.05) is 12.1 Å². The lowest BCUT2D eigenvalue weighted by Gasteiger charge is -2.12. The molecule has 2 N–H and O–H groups in total. The van der Waals surface area contributed by atoms with Crippen molar-refractivity contribution in [2.24, 2.45) is 0 Å². The van der Waals surface area contributed by atoms with Gasteiger partial charge in [-0.05, 0) is 69.2 Å². The summed E-state index contributed by atoms with van der Waals surface area (Å²) in [6.45, 7) is 8.81. The number of anilines is 1. The molecule has 2 rings (SSSR count). The number of ether oxygens (including phenoxy) is 2. The summed E-state index contributed by atoms with van der Waals surface area (Å²) in [7, 11) is 0. The Morgan fingerprint density at radius 3 is 2.48 bits per heavy atom. The number of hydrogen-bond donors (Lipinski definition) is 2. The van der Waals surface area contributed by atoms with E-state index in [1.165, 1.54) is 0 Å². The standard InChI is InChI=1S/C20H26N2O3/c1-14(2)25-18-9-7-17(8-10-18)22-20(23)21-11-12-24-19-13-15(3)5-6-16(19)4/h5-10,13-14H,11-12H2,1-4H3,(H2,21,22,23). The van der Waals surface area contributed by atoms with Crippen LogP contribution < -0.4 is 20.1 Å². The number of hydrogen-bond acceptors (Lipinski definition) is 3. The number of urea groups is 1. The van der Waals surface area contributed by atoms with Crippen LogP contribution in [0.4, 0.5) is 10.5 Å². The molecule has 0 spiro atoms. The summed E-state index contributed by atoms with van der Waals surface area (Å²) in [4.78, 5) is 11.9. The molecule has 25 heavy (non-hydrogen) atoms. The van der Waals surface area contributed by atoms with Crippen LogP contribution in [0.25, 0.3) is 0 Å². The molecule has 0 heterocycles. The molecule has 0 saturated heterocycles. The van der Waals surface area contributed by atoms with E-state index in [-0.39, 0.29) is 12.1 Å². The van der Waals surface area contributed by atoms with Crippen LogP contribution in [0, 0.1) is 13.8 Å². The fourth-order valence-corrected chi connectivity index (χ4v) is 2.25. The lowest BCUT2D eigenvalue weighted by molar-refractivity contribution is 0.242. The Morgan fingerprint density at radius 2 is 1.80 bits per heavy atom. The van der Waals surface area contributed by atoms with E-state index in [1.807, 2.05) is 70.2 Å². The lowest BCUT2D eigenvalue weighted by atomic mass is 10.1. The predicted octanol–water partition coefficient (Wildman–Crippen LogP) is 4.29. The summed E-state index contributed by atoms with van der Waals surface area (Å²) in [6, 6.07) is 13.1. The van der Waals surface area contributed by atoms with Gasteiger partial charge in [0.25, 0.3) is 0 Å². The minimum absolute atomic E-state index is 0.124. The number of amides is 2. The Kier molecular flexibility index (Phi) is 6.69. The number of carbonyl (C=O) groups excluding carboxylic acids is 1. The zero-order chi connectivity index (χ0) is 18.2. The van der Waals surface area contributed by atoms with Crippen molar-refractivity contribution in [1.82, 2.24) is 5.32 Å². The Hall–Kier alpha value is -2.69. The molecular weight excluding hydrogens is 316 g/mol. The number of benzene rings is 2. The molecule has 0 bridgehead atoms. The lowest BCUT2D eigenvalue weighted by Crippen LogP contribution is -2.32. The molecule has 0 aliphatic rings. The molecule has 2 amide bonds. The topological polar surface area (TPSA) is 59.6 Å². The van der Waals surface area contributed by atoms with Gasteiger partial charge in [-0.3, -0.25) is 0 Å². The fourth-order valence-electron chi connectivity index (χ4n) is 2.25. The summed E-state index contributed by atoms with van der Waals surface area (Å²) in [5.41, 5.74) is 2.94. The molecule has 5 nitrogen and oxygen atoms in total. The number of aryl methyl sites for hydroxylation is 2. The minimum Gasteiger partial charge on any atom is -0.491 e. The maximum absolute atomic E-state index is 11.9. The normalized spacial score (nSPS) is 10.4. The van der Waals surface area contributed by atoms with E-state index in [0.29, 0.717) is 18.8 Å². The third-order valence-electron chi connectivity index (χ3n) is 3.47. The molecule has 0 unspecified atom stereocenters. The van der Waals surface area contributed by atoms with Crippen LogP contribution >= 0.6 is 0 Å². The van der Waals surface area contributed by atoms with E-state index in [9.17, 15) is 4.79 Å². The van der Waals surface area contributed by atoms with Crippen molar-refractivity contribution in [2.75, 3.05) is 18.5 Å². The van der Waals surface area contributed by atoms with Gasteiger partial charge in [0, 0.05) is 5.69 Å². The molecule has 0 aliphatic carbocycles. The van der Waals surface area contributed by atoms with Crippen molar-refractivity contribution in [3.05, 3.63) is 53.6 Å². The average Bonchev–Trinajstić information content (AvgIpc) is 2.56. The molecule has 2 aromatic carbocycles. The van der Waals surface area contributed by atoms with Crippen LogP contribution in [0.1, 0.15) is 25.0 Å². The van der Waals surface area contributed by atoms with Gasteiger partial charge in [-0.2, -0.15) is 0 Å². The van der Waals surface area contributed by atoms with Crippen molar-refractivity contribution in [1.29, 1.82) is 0 Å². The molecule has 5 heteroatoms. The molecule has 0 fully saturated rings. The van der Waals surface area contributed by atoms with Gasteiger partial charge in [-0.15, -0.1) is 0 Å². The smallest absolute Gasteiger partial charge is 0.319 e. The monoisotopic (exact) mass is 342 g/mol. The highest BCUT2D eigenvalue weighted by molar-refractivity contribution is 5.89. The summed E-state index contributed by atoms with van der Waals surface area (Å²) in [5.74, 6) is 1.63. The molecule has 2 aromatic rings. The van der Waals surface area contributed by atoms with Crippen LogP contribution in [-0.4, -0.2) is 25.3 Å². The van der Waals surface area contributed by atoms with Gasteiger partial charge in [0.05, 0.1) is 12.6 Å². The second-order valence-corrected chi connectivity index (χ2v) is 6.19. The van der Waals surface area contributed by atoms with Gasteiger partial charge in [0.1, 0.15) is 18.1 Å². The molecular formula is C20H26N2O3. The SMILES string of the molecule is Cc1ccc(C)c(OCCNC(=O)Nc2ccc(OC(C)C)cc2)c1. The number of nitrogens with one attached hydrogen (secondary N) is 2. The summed E-state index contributed by atoms with van der Waals surface area (Å²) < 4.78 is 11.3. The van der Waals surface area contributed by atoms with Crippen molar-refractivity contribution in [3.63, 3.8) is 0 Å². The molecule has 0 aliphatic heterocycles. The first-order valence-electron chi connectivity index (χ1n) is 8.45. The van der Waals surface area contributed by atoms with Crippen LogP contribution in [0.3, 0.4) is 0 Å². The highest BCUT2D eigenvalue weighted by Gasteiger charge is 2.04. The third kappa shape index (κ3) is 6.37.